The Morgan fingerprint density at radius 2 is 1.58 bits per heavy atom. The van der Waals surface area contributed by atoms with Crippen LogP contribution in [0.1, 0.15) is 21.5 Å². The summed E-state index contributed by atoms with van der Waals surface area (Å²) in [5, 5.41) is 0. The molecule has 2 aromatic carbocycles. The lowest BCUT2D eigenvalue weighted by atomic mass is 10.1. The van der Waals surface area contributed by atoms with E-state index in [0.717, 1.165) is 11.8 Å². The summed E-state index contributed by atoms with van der Waals surface area (Å²) in [6.45, 7) is -0.248. The zero-order valence-electron chi connectivity index (χ0n) is 14.2. The van der Waals surface area contributed by atoms with Gasteiger partial charge in [-0.2, -0.15) is 0 Å². The molecule has 0 aliphatic heterocycles. The van der Waals surface area contributed by atoms with Gasteiger partial charge in [0.2, 0.25) is 10.0 Å². The molecule has 7 nitrogen and oxygen atoms in total. The fraction of sp³-hybridized carbons (Fsp3) is 0.222. The van der Waals surface area contributed by atoms with E-state index in [4.69, 9.17) is 9.47 Å². The lowest BCUT2D eigenvalue weighted by Gasteiger charge is -2.07. The number of hydrogen-bond acceptors (Lipinski definition) is 6. The Hall–Kier alpha value is -2.71. The maximum Gasteiger partial charge on any atom is 0.344 e. The highest BCUT2D eigenvalue weighted by Gasteiger charge is 2.11. The van der Waals surface area contributed by atoms with Gasteiger partial charge in [-0.15, -0.1) is 0 Å². The summed E-state index contributed by atoms with van der Waals surface area (Å²) in [6, 6.07) is 15.4. The zero-order chi connectivity index (χ0) is 19.0. The van der Waals surface area contributed by atoms with Gasteiger partial charge < -0.3 is 9.47 Å². The topological polar surface area (TPSA) is 98.8 Å². The number of hydrogen-bond donors (Lipinski definition) is 1. The van der Waals surface area contributed by atoms with Gasteiger partial charge in [0.25, 0.3) is 0 Å². The minimum atomic E-state index is -3.29. The van der Waals surface area contributed by atoms with E-state index in [2.05, 4.69) is 4.72 Å². The van der Waals surface area contributed by atoms with Gasteiger partial charge in [0.05, 0.1) is 11.8 Å². The fourth-order valence-corrected chi connectivity index (χ4v) is 2.39. The molecule has 0 aromatic heterocycles. The van der Waals surface area contributed by atoms with Crippen molar-refractivity contribution in [2.45, 2.75) is 13.2 Å². The largest absolute Gasteiger partial charge is 0.458 e. The number of esters is 2. The number of benzene rings is 2. The highest BCUT2D eigenvalue weighted by atomic mass is 32.2. The molecule has 0 saturated carbocycles. The molecule has 0 aliphatic carbocycles. The van der Waals surface area contributed by atoms with E-state index in [1.54, 1.807) is 12.1 Å². The summed E-state index contributed by atoms with van der Waals surface area (Å²) in [5.41, 5.74) is 1.78. The number of ether oxygens (including phenoxy) is 2. The summed E-state index contributed by atoms with van der Waals surface area (Å²) >= 11 is 0. The Morgan fingerprint density at radius 3 is 2.19 bits per heavy atom. The molecule has 0 spiro atoms. The molecule has 0 atom stereocenters. The van der Waals surface area contributed by atoms with E-state index in [0.29, 0.717) is 5.56 Å². The minimum absolute atomic E-state index is 0.110. The normalized spacial score (nSPS) is 11.0. The minimum Gasteiger partial charge on any atom is -0.458 e. The number of rotatable bonds is 8. The van der Waals surface area contributed by atoms with Crippen molar-refractivity contribution in [2.24, 2.45) is 0 Å². The standard InChI is InChI=1S/C18H19NO6S/c1-26(22,23)19-11-14-7-9-16(10-8-14)18(21)25-13-17(20)24-12-15-5-3-2-4-6-15/h2-10,19H,11-13H2,1H3. The maximum atomic E-state index is 11.9. The van der Waals surface area contributed by atoms with E-state index in [1.807, 2.05) is 30.3 Å². The highest BCUT2D eigenvalue weighted by Crippen LogP contribution is 2.07. The van der Waals surface area contributed by atoms with Crippen LogP contribution in [0.2, 0.25) is 0 Å². The van der Waals surface area contributed by atoms with Crippen LogP contribution in [0.15, 0.2) is 54.6 Å². The second-order valence-electron chi connectivity index (χ2n) is 5.51. The molecule has 2 aromatic rings. The van der Waals surface area contributed by atoms with Crippen molar-refractivity contribution in [1.82, 2.24) is 4.72 Å². The first-order valence-electron chi connectivity index (χ1n) is 7.74. The molecule has 0 aliphatic rings. The van der Waals surface area contributed by atoms with Gasteiger partial charge in [-0.3, -0.25) is 0 Å². The van der Waals surface area contributed by atoms with E-state index >= 15 is 0 Å². The average Bonchev–Trinajstić information content (AvgIpc) is 2.63. The molecular formula is C18H19NO6S. The first-order chi connectivity index (χ1) is 12.3. The van der Waals surface area contributed by atoms with Gasteiger partial charge in [0.1, 0.15) is 6.61 Å². The van der Waals surface area contributed by atoms with E-state index in [9.17, 15) is 18.0 Å². The van der Waals surface area contributed by atoms with Gasteiger partial charge in [-0.05, 0) is 23.3 Å². The van der Waals surface area contributed by atoms with E-state index < -0.39 is 28.6 Å². The van der Waals surface area contributed by atoms with Crippen molar-refractivity contribution >= 4 is 22.0 Å². The number of nitrogens with one attached hydrogen (secondary N) is 1. The van der Waals surface area contributed by atoms with E-state index in [-0.39, 0.29) is 18.7 Å². The summed E-state index contributed by atoms with van der Waals surface area (Å²) in [4.78, 5) is 23.5. The number of carbonyl (C=O) groups excluding carboxylic acids is 2. The van der Waals surface area contributed by atoms with Crippen molar-refractivity contribution in [3.63, 3.8) is 0 Å². The van der Waals surface area contributed by atoms with Crippen molar-refractivity contribution in [3.8, 4) is 0 Å². The molecule has 0 amide bonds. The van der Waals surface area contributed by atoms with Crippen LogP contribution in [0.25, 0.3) is 0 Å². The average molecular weight is 377 g/mol. The van der Waals surface area contributed by atoms with Crippen LogP contribution in [0, 0.1) is 0 Å². The van der Waals surface area contributed by atoms with Gasteiger partial charge >= 0.3 is 11.9 Å². The molecule has 0 fully saturated rings. The number of carbonyl (C=O) groups is 2. The van der Waals surface area contributed by atoms with Crippen LogP contribution < -0.4 is 4.72 Å². The molecule has 8 heteroatoms. The molecule has 0 radical (unpaired) electrons. The Morgan fingerprint density at radius 1 is 0.923 bits per heavy atom. The molecular weight excluding hydrogens is 358 g/mol. The Bertz CT molecular complexity index is 847. The summed E-state index contributed by atoms with van der Waals surface area (Å²) < 4.78 is 34.4. The summed E-state index contributed by atoms with van der Waals surface area (Å²) in [7, 11) is -3.29. The van der Waals surface area contributed by atoms with Gasteiger partial charge in [0.15, 0.2) is 6.61 Å². The van der Waals surface area contributed by atoms with Crippen LogP contribution >= 0.6 is 0 Å². The predicted molar refractivity (Wildman–Crippen MR) is 94.6 cm³/mol. The molecule has 26 heavy (non-hydrogen) atoms. The molecule has 0 unspecified atom stereocenters. The molecule has 138 valence electrons. The van der Waals surface area contributed by atoms with Gasteiger partial charge in [-0.25, -0.2) is 22.7 Å². The third-order valence-electron chi connectivity index (χ3n) is 3.29. The second-order valence-corrected chi connectivity index (χ2v) is 7.35. The Balaban J connectivity index is 1.77. The second kappa shape index (κ2) is 9.12. The van der Waals surface area contributed by atoms with Crippen LogP contribution in [-0.4, -0.2) is 33.2 Å². The van der Waals surface area contributed by atoms with E-state index in [1.165, 1.54) is 12.1 Å². The lowest BCUT2D eigenvalue weighted by Crippen LogP contribution is -2.21. The van der Waals surface area contributed by atoms with Gasteiger partial charge in [0, 0.05) is 6.54 Å². The zero-order valence-corrected chi connectivity index (χ0v) is 15.0. The predicted octanol–water partition coefficient (Wildman–Crippen LogP) is 1.64. The molecule has 0 heterocycles. The Labute approximate surface area is 152 Å². The third-order valence-corrected chi connectivity index (χ3v) is 3.96. The highest BCUT2D eigenvalue weighted by molar-refractivity contribution is 7.88. The Kier molecular flexibility index (Phi) is 6.88. The van der Waals surface area contributed by atoms with Crippen LogP contribution in [0.4, 0.5) is 0 Å². The molecule has 1 N–H and O–H groups in total. The summed E-state index contributed by atoms with van der Waals surface area (Å²) in [6.07, 6.45) is 1.07. The first kappa shape index (κ1) is 19.6. The quantitative estimate of drug-likeness (QED) is 0.702. The summed E-state index contributed by atoms with van der Waals surface area (Å²) in [5.74, 6) is -1.31. The van der Waals surface area contributed by atoms with Crippen LogP contribution in [0.5, 0.6) is 0 Å². The number of sulfonamides is 1. The van der Waals surface area contributed by atoms with Crippen LogP contribution in [-0.2, 0) is 37.4 Å². The van der Waals surface area contributed by atoms with Crippen molar-refractivity contribution < 1.29 is 27.5 Å². The van der Waals surface area contributed by atoms with Gasteiger partial charge in [-0.1, -0.05) is 42.5 Å². The van der Waals surface area contributed by atoms with Crippen molar-refractivity contribution in [1.29, 1.82) is 0 Å². The maximum absolute atomic E-state index is 11.9. The smallest absolute Gasteiger partial charge is 0.344 e. The van der Waals surface area contributed by atoms with Crippen molar-refractivity contribution in [2.75, 3.05) is 12.9 Å². The lowest BCUT2D eigenvalue weighted by molar-refractivity contribution is -0.148. The fourth-order valence-electron chi connectivity index (χ4n) is 1.96. The first-order valence-corrected chi connectivity index (χ1v) is 9.63. The molecule has 0 saturated heterocycles. The SMILES string of the molecule is CS(=O)(=O)NCc1ccc(C(=O)OCC(=O)OCc2ccccc2)cc1. The van der Waals surface area contributed by atoms with Crippen molar-refractivity contribution in [3.05, 3.63) is 71.3 Å². The van der Waals surface area contributed by atoms with Crippen LogP contribution in [0.3, 0.4) is 0 Å². The monoisotopic (exact) mass is 377 g/mol. The molecule has 2 rings (SSSR count). The molecule has 0 bridgehead atoms. The third kappa shape index (κ3) is 7.04.